The summed E-state index contributed by atoms with van der Waals surface area (Å²) in [5, 5.41) is 1.12. The molecule has 0 spiro atoms. The fourth-order valence-electron chi connectivity index (χ4n) is 2.95. The highest BCUT2D eigenvalue weighted by Gasteiger charge is 2.33. The van der Waals surface area contributed by atoms with Gasteiger partial charge in [-0.15, -0.1) is 0 Å². The average Bonchev–Trinajstić information content (AvgIpc) is 2.57. The Morgan fingerprint density at radius 1 is 1.24 bits per heavy atom. The predicted molar refractivity (Wildman–Crippen MR) is 93.2 cm³/mol. The standard InChI is InChI=1S/C17H19N5O3/c1-21(2)10-5-3-9(4-6-10)14-8-13-11(17(25)22(14)19)7-12(15(18)23)16(24)20-13/h3-7,14H,8,19H2,1-2H3,(H2,18,23)(H,20,24). The molecule has 8 nitrogen and oxygen atoms in total. The van der Waals surface area contributed by atoms with Gasteiger partial charge in [0.15, 0.2) is 0 Å². The van der Waals surface area contributed by atoms with E-state index in [1.807, 2.05) is 43.3 Å². The van der Waals surface area contributed by atoms with Crippen molar-refractivity contribution in [1.82, 2.24) is 9.99 Å². The molecule has 1 aromatic carbocycles. The van der Waals surface area contributed by atoms with Gasteiger partial charge < -0.3 is 15.6 Å². The van der Waals surface area contributed by atoms with Crippen LogP contribution in [0.3, 0.4) is 0 Å². The maximum Gasteiger partial charge on any atom is 0.270 e. The number of nitrogens with zero attached hydrogens (tertiary/aromatic N) is 2. The minimum Gasteiger partial charge on any atom is -0.378 e. The summed E-state index contributed by atoms with van der Waals surface area (Å²) in [5.74, 6) is 4.64. The number of hydrazine groups is 1. The topological polar surface area (TPSA) is 126 Å². The molecule has 1 atom stereocenters. The number of aromatic amines is 1. The van der Waals surface area contributed by atoms with Crippen LogP contribution in [-0.4, -0.2) is 35.9 Å². The lowest BCUT2D eigenvalue weighted by atomic mass is 9.93. The van der Waals surface area contributed by atoms with Crippen LogP contribution in [0.1, 0.15) is 38.0 Å². The van der Waals surface area contributed by atoms with Gasteiger partial charge in [-0.2, -0.15) is 0 Å². The number of hydrogen-bond donors (Lipinski definition) is 3. The number of primary amides is 1. The number of amides is 2. The van der Waals surface area contributed by atoms with Crippen molar-refractivity contribution in [3.8, 4) is 0 Å². The molecule has 0 fully saturated rings. The van der Waals surface area contributed by atoms with Crippen LogP contribution in [0.4, 0.5) is 5.69 Å². The highest BCUT2D eigenvalue weighted by Crippen LogP contribution is 2.30. The Bertz CT molecular complexity index is 901. The van der Waals surface area contributed by atoms with Crippen LogP contribution >= 0.6 is 0 Å². The van der Waals surface area contributed by atoms with Crippen molar-refractivity contribution in [1.29, 1.82) is 0 Å². The Morgan fingerprint density at radius 3 is 2.44 bits per heavy atom. The molecule has 8 heteroatoms. The molecule has 1 aromatic heterocycles. The molecule has 0 saturated carbocycles. The highest BCUT2D eigenvalue weighted by atomic mass is 16.2. The molecule has 2 aromatic rings. The number of H-pyrrole nitrogens is 1. The van der Waals surface area contributed by atoms with E-state index in [1.54, 1.807) is 0 Å². The molecular formula is C17H19N5O3. The lowest BCUT2D eigenvalue weighted by Gasteiger charge is -2.33. The molecule has 3 rings (SSSR count). The van der Waals surface area contributed by atoms with Gasteiger partial charge in [-0.1, -0.05) is 12.1 Å². The van der Waals surface area contributed by atoms with Crippen LogP contribution in [0.2, 0.25) is 0 Å². The number of nitrogens with one attached hydrogen (secondary N) is 1. The van der Waals surface area contributed by atoms with Crippen molar-refractivity contribution in [2.45, 2.75) is 12.5 Å². The highest BCUT2D eigenvalue weighted by molar-refractivity contribution is 6.00. The zero-order chi connectivity index (χ0) is 18.3. The summed E-state index contributed by atoms with van der Waals surface area (Å²) in [7, 11) is 3.87. The van der Waals surface area contributed by atoms with Gasteiger partial charge in [-0.3, -0.25) is 19.4 Å². The zero-order valence-corrected chi connectivity index (χ0v) is 13.9. The molecular weight excluding hydrogens is 322 g/mol. The first-order chi connectivity index (χ1) is 11.8. The second-order valence-electron chi connectivity index (χ2n) is 6.19. The van der Waals surface area contributed by atoms with Crippen LogP contribution in [0.5, 0.6) is 0 Å². The fraction of sp³-hybridized carbons (Fsp3) is 0.235. The number of aromatic nitrogens is 1. The van der Waals surface area contributed by atoms with E-state index >= 15 is 0 Å². The first-order valence-electron chi connectivity index (χ1n) is 7.71. The molecule has 5 N–H and O–H groups in total. The third-order valence-electron chi connectivity index (χ3n) is 4.38. The van der Waals surface area contributed by atoms with E-state index in [0.717, 1.165) is 16.3 Å². The third kappa shape index (κ3) is 2.87. The maximum atomic E-state index is 12.6. The minimum atomic E-state index is -0.887. The number of carbonyl (C=O) groups excluding carboxylic acids is 2. The maximum absolute atomic E-state index is 12.6. The SMILES string of the molecule is CN(C)c1ccc(C2Cc3[nH]c(=O)c(C(N)=O)cc3C(=O)N2N)cc1. The average molecular weight is 341 g/mol. The van der Waals surface area contributed by atoms with Crippen molar-refractivity contribution in [3.63, 3.8) is 0 Å². The van der Waals surface area contributed by atoms with Gasteiger partial charge in [0, 0.05) is 31.9 Å². The number of hydrogen-bond acceptors (Lipinski definition) is 5. The molecule has 1 aliphatic rings. The summed E-state index contributed by atoms with van der Waals surface area (Å²) < 4.78 is 0. The Balaban J connectivity index is 2.01. The molecule has 0 radical (unpaired) electrons. The molecule has 2 heterocycles. The lowest BCUT2D eigenvalue weighted by molar-refractivity contribution is 0.0644. The minimum absolute atomic E-state index is 0.192. The number of rotatable bonds is 3. The van der Waals surface area contributed by atoms with E-state index < -0.39 is 23.4 Å². The summed E-state index contributed by atoms with van der Waals surface area (Å²) in [4.78, 5) is 40.4. The smallest absolute Gasteiger partial charge is 0.270 e. The quantitative estimate of drug-likeness (QED) is 0.541. The fourth-order valence-corrected chi connectivity index (χ4v) is 2.95. The van der Waals surface area contributed by atoms with Crippen LogP contribution in [0.15, 0.2) is 35.1 Å². The molecule has 0 saturated heterocycles. The molecule has 0 bridgehead atoms. The van der Waals surface area contributed by atoms with E-state index in [-0.39, 0.29) is 11.1 Å². The van der Waals surface area contributed by atoms with Gasteiger partial charge >= 0.3 is 0 Å². The van der Waals surface area contributed by atoms with E-state index in [0.29, 0.717) is 12.1 Å². The summed E-state index contributed by atoms with van der Waals surface area (Å²) in [6, 6.07) is 8.46. The second-order valence-corrected chi connectivity index (χ2v) is 6.19. The first-order valence-corrected chi connectivity index (χ1v) is 7.71. The Morgan fingerprint density at radius 2 is 1.88 bits per heavy atom. The monoisotopic (exact) mass is 341 g/mol. The summed E-state index contributed by atoms with van der Waals surface area (Å²) in [5.41, 5.74) is 6.82. The van der Waals surface area contributed by atoms with Crippen LogP contribution in [0, 0.1) is 0 Å². The summed E-state index contributed by atoms with van der Waals surface area (Å²) in [6.07, 6.45) is 0.340. The number of carbonyl (C=O) groups is 2. The predicted octanol–water partition coefficient (Wildman–Crippen LogP) is 0.153. The summed E-state index contributed by atoms with van der Waals surface area (Å²) >= 11 is 0. The van der Waals surface area contributed by atoms with Gasteiger partial charge in [0.25, 0.3) is 17.4 Å². The second kappa shape index (κ2) is 6.06. The van der Waals surface area contributed by atoms with Crippen LogP contribution < -0.4 is 22.0 Å². The first kappa shape index (κ1) is 16.7. The zero-order valence-electron chi connectivity index (χ0n) is 13.9. The largest absolute Gasteiger partial charge is 0.378 e. The Labute approximate surface area is 144 Å². The van der Waals surface area contributed by atoms with E-state index in [9.17, 15) is 14.4 Å². The Hall–Kier alpha value is -3.13. The van der Waals surface area contributed by atoms with Crippen molar-refractivity contribution in [2.75, 3.05) is 19.0 Å². The van der Waals surface area contributed by atoms with Crippen LogP contribution in [-0.2, 0) is 6.42 Å². The van der Waals surface area contributed by atoms with E-state index in [4.69, 9.17) is 11.6 Å². The molecule has 2 amide bonds. The van der Waals surface area contributed by atoms with Gasteiger partial charge in [-0.25, -0.2) is 5.84 Å². The third-order valence-corrected chi connectivity index (χ3v) is 4.38. The lowest BCUT2D eigenvalue weighted by Crippen LogP contribution is -2.46. The number of nitrogens with two attached hydrogens (primary N) is 2. The number of pyridine rings is 1. The van der Waals surface area contributed by atoms with Crippen molar-refractivity contribution < 1.29 is 9.59 Å². The number of benzene rings is 1. The van der Waals surface area contributed by atoms with Crippen molar-refractivity contribution in [2.24, 2.45) is 11.6 Å². The van der Waals surface area contributed by atoms with E-state index in [1.165, 1.54) is 6.07 Å². The van der Waals surface area contributed by atoms with Crippen molar-refractivity contribution >= 4 is 17.5 Å². The number of anilines is 1. The molecule has 1 aliphatic heterocycles. The van der Waals surface area contributed by atoms with E-state index in [2.05, 4.69) is 4.98 Å². The van der Waals surface area contributed by atoms with Crippen LogP contribution in [0.25, 0.3) is 0 Å². The molecule has 0 aliphatic carbocycles. The van der Waals surface area contributed by atoms with Gasteiger partial charge in [-0.05, 0) is 23.8 Å². The number of fused-ring (bicyclic) bond motifs is 1. The molecule has 1 unspecified atom stereocenters. The molecule has 25 heavy (non-hydrogen) atoms. The Kier molecular flexibility index (Phi) is 4.05. The van der Waals surface area contributed by atoms with Gasteiger partial charge in [0.05, 0.1) is 11.6 Å². The van der Waals surface area contributed by atoms with Gasteiger partial charge in [0.1, 0.15) is 5.56 Å². The normalized spacial score (nSPS) is 16.5. The van der Waals surface area contributed by atoms with Gasteiger partial charge in [0.2, 0.25) is 0 Å². The molecule has 130 valence electrons. The van der Waals surface area contributed by atoms with Crippen molar-refractivity contribution in [3.05, 3.63) is 63.1 Å². The summed E-state index contributed by atoms with van der Waals surface area (Å²) in [6.45, 7) is 0.